The first-order chi connectivity index (χ1) is 12.1. The Labute approximate surface area is 154 Å². The third-order valence-electron chi connectivity index (χ3n) is 3.84. The molecule has 0 aliphatic rings. The molecule has 2 atom stereocenters. The first-order valence-electron chi connectivity index (χ1n) is 7.88. The van der Waals surface area contributed by atoms with Crippen LogP contribution in [0.5, 0.6) is 0 Å². The van der Waals surface area contributed by atoms with Crippen LogP contribution in [0.25, 0.3) is 22.2 Å². The fraction of sp³-hybridized carbons (Fsp3) is 0.211. The second-order valence-corrected chi connectivity index (χ2v) is 7.75. The molecule has 4 nitrogen and oxygen atoms in total. The number of hydrogen-bond acceptors (Lipinski definition) is 5. The highest BCUT2D eigenvalue weighted by Crippen LogP contribution is 2.30. The SMILES string of the molecule is CC(=O)NC(CO)C(O)c1ccc(/C=C/c2csc3ccccc23)s1. The van der Waals surface area contributed by atoms with E-state index in [4.69, 9.17) is 0 Å². The summed E-state index contributed by atoms with van der Waals surface area (Å²) < 4.78 is 1.26. The Bertz CT molecular complexity index is 897. The van der Waals surface area contributed by atoms with Crippen LogP contribution in [0.2, 0.25) is 0 Å². The zero-order valence-electron chi connectivity index (χ0n) is 13.7. The molecule has 0 fully saturated rings. The first-order valence-corrected chi connectivity index (χ1v) is 9.58. The van der Waals surface area contributed by atoms with Crippen molar-refractivity contribution in [2.75, 3.05) is 6.61 Å². The lowest BCUT2D eigenvalue weighted by Gasteiger charge is -2.20. The zero-order chi connectivity index (χ0) is 17.8. The van der Waals surface area contributed by atoms with Crippen molar-refractivity contribution < 1.29 is 15.0 Å². The van der Waals surface area contributed by atoms with Gasteiger partial charge in [0.25, 0.3) is 0 Å². The molecule has 0 saturated carbocycles. The van der Waals surface area contributed by atoms with Crippen LogP contribution >= 0.6 is 22.7 Å². The number of thiophene rings is 2. The molecule has 25 heavy (non-hydrogen) atoms. The fourth-order valence-electron chi connectivity index (χ4n) is 2.60. The molecule has 2 heterocycles. The minimum atomic E-state index is -0.928. The van der Waals surface area contributed by atoms with Crippen molar-refractivity contribution in [3.05, 3.63) is 57.1 Å². The van der Waals surface area contributed by atoms with E-state index in [1.165, 1.54) is 33.9 Å². The molecule has 0 saturated heterocycles. The van der Waals surface area contributed by atoms with E-state index in [1.807, 2.05) is 30.3 Å². The molecular formula is C19H19NO3S2. The molecule has 130 valence electrons. The molecule has 6 heteroatoms. The van der Waals surface area contributed by atoms with Crippen molar-refractivity contribution in [1.82, 2.24) is 5.32 Å². The molecule has 1 amide bonds. The summed E-state index contributed by atoms with van der Waals surface area (Å²) in [6, 6.07) is 11.3. The van der Waals surface area contributed by atoms with Crippen molar-refractivity contribution in [3.8, 4) is 0 Å². The van der Waals surface area contributed by atoms with Gasteiger partial charge in [-0.1, -0.05) is 24.3 Å². The van der Waals surface area contributed by atoms with Crippen molar-refractivity contribution in [3.63, 3.8) is 0 Å². The first kappa shape index (κ1) is 17.8. The minimum Gasteiger partial charge on any atom is -0.394 e. The predicted molar refractivity (Wildman–Crippen MR) is 105 cm³/mol. The van der Waals surface area contributed by atoms with E-state index in [-0.39, 0.29) is 12.5 Å². The summed E-state index contributed by atoms with van der Waals surface area (Å²) in [4.78, 5) is 12.9. The molecule has 3 N–H and O–H groups in total. The van der Waals surface area contributed by atoms with Crippen molar-refractivity contribution in [2.45, 2.75) is 19.1 Å². The van der Waals surface area contributed by atoms with Gasteiger partial charge in [0.2, 0.25) is 5.91 Å². The third-order valence-corrected chi connectivity index (χ3v) is 5.95. The van der Waals surface area contributed by atoms with E-state index in [0.29, 0.717) is 4.88 Å². The van der Waals surface area contributed by atoms with E-state index >= 15 is 0 Å². The van der Waals surface area contributed by atoms with Gasteiger partial charge in [-0.3, -0.25) is 4.79 Å². The summed E-state index contributed by atoms with van der Waals surface area (Å²) in [5.74, 6) is -0.279. The standard InChI is InChI=1S/C19H19NO3S2/c1-12(22)20-16(10-21)19(23)18-9-8-14(25-18)7-6-13-11-24-17-5-3-2-4-15(13)17/h2-9,11,16,19,21,23H,10H2,1H3,(H,20,22)/b7-6+. The van der Waals surface area contributed by atoms with E-state index in [9.17, 15) is 15.0 Å². The molecule has 3 rings (SSSR count). The summed E-state index contributed by atoms with van der Waals surface area (Å²) in [5.41, 5.74) is 1.17. The second-order valence-electron chi connectivity index (χ2n) is 5.70. The lowest BCUT2D eigenvalue weighted by molar-refractivity contribution is -0.121. The minimum absolute atomic E-state index is 0.279. The van der Waals surface area contributed by atoms with E-state index in [0.717, 1.165) is 4.88 Å². The average molecular weight is 373 g/mol. The van der Waals surface area contributed by atoms with Gasteiger partial charge in [-0.15, -0.1) is 22.7 Å². The molecule has 3 aromatic rings. The van der Waals surface area contributed by atoms with Gasteiger partial charge in [-0.2, -0.15) is 0 Å². The molecule has 0 aliphatic heterocycles. The van der Waals surface area contributed by atoms with Crippen LogP contribution in [-0.2, 0) is 4.79 Å². The van der Waals surface area contributed by atoms with Crippen molar-refractivity contribution in [1.29, 1.82) is 0 Å². The zero-order valence-corrected chi connectivity index (χ0v) is 15.3. The molecular weight excluding hydrogens is 354 g/mol. The molecule has 2 aromatic heterocycles. The number of hydrogen-bond donors (Lipinski definition) is 3. The maximum absolute atomic E-state index is 11.2. The van der Waals surface area contributed by atoms with Crippen LogP contribution in [0, 0.1) is 0 Å². The van der Waals surface area contributed by atoms with E-state index in [2.05, 4.69) is 28.9 Å². The highest BCUT2D eigenvalue weighted by Gasteiger charge is 2.22. The summed E-state index contributed by atoms with van der Waals surface area (Å²) in [5, 5.41) is 25.6. The molecule has 2 unspecified atom stereocenters. The number of nitrogens with one attached hydrogen (secondary N) is 1. The van der Waals surface area contributed by atoms with Crippen LogP contribution in [0.15, 0.2) is 41.8 Å². The van der Waals surface area contributed by atoms with Crippen molar-refractivity contribution in [2.24, 2.45) is 0 Å². The van der Waals surface area contributed by atoms with Crippen LogP contribution in [-0.4, -0.2) is 28.8 Å². The van der Waals surface area contributed by atoms with Gasteiger partial charge in [0, 0.05) is 21.4 Å². The average Bonchev–Trinajstić information content (AvgIpc) is 3.24. The number of fused-ring (bicyclic) bond motifs is 1. The maximum atomic E-state index is 11.2. The smallest absolute Gasteiger partial charge is 0.217 e. The van der Waals surface area contributed by atoms with Gasteiger partial charge in [0.15, 0.2) is 0 Å². The summed E-state index contributed by atoms with van der Waals surface area (Å²) in [6.45, 7) is 1.05. The fourth-order valence-corrected chi connectivity index (χ4v) is 4.49. The Hall–Kier alpha value is -1.99. The van der Waals surface area contributed by atoms with Crippen LogP contribution in [0.3, 0.4) is 0 Å². The number of rotatable bonds is 6. The van der Waals surface area contributed by atoms with Crippen LogP contribution < -0.4 is 5.32 Å². The Balaban J connectivity index is 1.76. The number of benzene rings is 1. The highest BCUT2D eigenvalue weighted by molar-refractivity contribution is 7.17. The Kier molecular flexibility index (Phi) is 5.65. The molecule has 0 aliphatic carbocycles. The summed E-state index contributed by atoms with van der Waals surface area (Å²) in [7, 11) is 0. The van der Waals surface area contributed by atoms with Crippen LogP contribution in [0.1, 0.15) is 28.3 Å². The van der Waals surface area contributed by atoms with Gasteiger partial charge in [-0.25, -0.2) is 0 Å². The number of aliphatic hydroxyl groups is 2. The summed E-state index contributed by atoms with van der Waals surface area (Å²) >= 11 is 3.16. The topological polar surface area (TPSA) is 69.6 Å². The normalized spacial score (nSPS) is 14.0. The highest BCUT2D eigenvalue weighted by atomic mass is 32.1. The lowest BCUT2D eigenvalue weighted by Crippen LogP contribution is -2.40. The largest absolute Gasteiger partial charge is 0.394 e. The molecule has 0 bridgehead atoms. The number of aliphatic hydroxyl groups excluding tert-OH is 2. The number of carbonyl (C=O) groups is 1. The summed E-state index contributed by atoms with van der Waals surface area (Å²) in [6.07, 6.45) is 3.16. The van der Waals surface area contributed by atoms with Gasteiger partial charge in [0.1, 0.15) is 6.10 Å². The number of carbonyl (C=O) groups excluding carboxylic acids is 1. The van der Waals surface area contributed by atoms with Crippen LogP contribution in [0.4, 0.5) is 0 Å². The molecule has 0 spiro atoms. The van der Waals surface area contributed by atoms with Gasteiger partial charge >= 0.3 is 0 Å². The van der Waals surface area contributed by atoms with E-state index < -0.39 is 12.1 Å². The maximum Gasteiger partial charge on any atom is 0.217 e. The molecule has 1 aromatic carbocycles. The van der Waals surface area contributed by atoms with Gasteiger partial charge < -0.3 is 15.5 Å². The van der Waals surface area contributed by atoms with Crippen molar-refractivity contribution >= 4 is 50.8 Å². The quantitative estimate of drug-likeness (QED) is 0.617. The Morgan fingerprint density at radius 3 is 2.80 bits per heavy atom. The van der Waals surface area contributed by atoms with Gasteiger partial charge in [-0.05, 0) is 40.6 Å². The lowest BCUT2D eigenvalue weighted by atomic mass is 10.1. The van der Waals surface area contributed by atoms with Gasteiger partial charge in [0.05, 0.1) is 12.6 Å². The second kappa shape index (κ2) is 7.93. The third kappa shape index (κ3) is 4.16. The Morgan fingerprint density at radius 1 is 1.24 bits per heavy atom. The number of amides is 1. The molecule has 0 radical (unpaired) electrons. The predicted octanol–water partition coefficient (Wildman–Crippen LogP) is 3.66. The Morgan fingerprint density at radius 2 is 2.04 bits per heavy atom. The van der Waals surface area contributed by atoms with E-state index in [1.54, 1.807) is 11.3 Å². The monoisotopic (exact) mass is 373 g/mol.